The molecule has 6 heteroatoms. The van der Waals surface area contributed by atoms with Gasteiger partial charge >= 0.3 is 0 Å². The molecule has 2 saturated heterocycles. The summed E-state index contributed by atoms with van der Waals surface area (Å²) in [5.41, 5.74) is 3.40. The molecule has 2 heterocycles. The summed E-state index contributed by atoms with van der Waals surface area (Å²) in [6, 6.07) is 15.7. The van der Waals surface area contributed by atoms with Crippen molar-refractivity contribution in [1.82, 2.24) is 15.1 Å². The molecule has 0 spiro atoms. The van der Waals surface area contributed by atoms with E-state index < -0.39 is 0 Å². The highest BCUT2D eigenvalue weighted by atomic mass is 19.1. The number of carbonyl (C=O) groups is 1. The van der Waals surface area contributed by atoms with Crippen LogP contribution >= 0.6 is 0 Å². The van der Waals surface area contributed by atoms with E-state index in [-0.39, 0.29) is 11.7 Å². The summed E-state index contributed by atoms with van der Waals surface area (Å²) in [7, 11) is 1.89. The van der Waals surface area contributed by atoms with E-state index in [9.17, 15) is 9.18 Å². The lowest BCUT2D eigenvalue weighted by Crippen LogP contribution is -2.48. The second kappa shape index (κ2) is 11.2. The van der Waals surface area contributed by atoms with E-state index in [0.29, 0.717) is 18.4 Å². The summed E-state index contributed by atoms with van der Waals surface area (Å²) >= 11 is 0. The minimum absolute atomic E-state index is 0.190. The number of rotatable bonds is 7. The third-order valence-corrected chi connectivity index (χ3v) is 7.05. The molecule has 2 aliphatic rings. The lowest BCUT2D eigenvalue weighted by Gasteiger charge is -2.32. The highest BCUT2D eigenvalue weighted by Crippen LogP contribution is 2.24. The van der Waals surface area contributed by atoms with Crippen molar-refractivity contribution >= 4 is 11.6 Å². The number of piperidine rings is 1. The Morgan fingerprint density at radius 1 is 0.970 bits per heavy atom. The first-order chi connectivity index (χ1) is 16.0. The zero-order chi connectivity index (χ0) is 23.2. The van der Waals surface area contributed by atoms with Gasteiger partial charge in [0.25, 0.3) is 0 Å². The molecule has 2 aromatic carbocycles. The van der Waals surface area contributed by atoms with Crippen LogP contribution < -0.4 is 10.2 Å². The molecule has 2 aromatic rings. The van der Waals surface area contributed by atoms with Crippen LogP contribution in [0.2, 0.25) is 0 Å². The Morgan fingerprint density at radius 3 is 2.21 bits per heavy atom. The number of hydrogen-bond acceptors (Lipinski definition) is 4. The first-order valence-electron chi connectivity index (χ1n) is 12.2. The molecule has 0 radical (unpaired) electrons. The Morgan fingerprint density at radius 2 is 1.58 bits per heavy atom. The van der Waals surface area contributed by atoms with E-state index >= 15 is 0 Å². The van der Waals surface area contributed by atoms with E-state index in [1.807, 2.05) is 24.1 Å². The zero-order valence-electron chi connectivity index (χ0n) is 20.0. The van der Waals surface area contributed by atoms with Crippen molar-refractivity contribution in [2.75, 3.05) is 44.7 Å². The summed E-state index contributed by atoms with van der Waals surface area (Å²) in [6.07, 6.45) is 2.66. The van der Waals surface area contributed by atoms with Crippen molar-refractivity contribution in [3.05, 3.63) is 65.5 Å². The Balaban J connectivity index is 1.22. The highest BCUT2D eigenvalue weighted by molar-refractivity contribution is 5.92. The molecule has 1 atom stereocenters. The molecule has 1 N–H and O–H groups in total. The van der Waals surface area contributed by atoms with Crippen LogP contribution in [-0.4, -0.2) is 61.5 Å². The minimum Gasteiger partial charge on any atom is -0.315 e. The Kier molecular flexibility index (Phi) is 8.12. The van der Waals surface area contributed by atoms with Gasteiger partial charge in [0.2, 0.25) is 5.91 Å². The van der Waals surface area contributed by atoms with Crippen molar-refractivity contribution in [2.24, 2.45) is 5.92 Å². The molecule has 4 rings (SSSR count). The second-order valence-electron chi connectivity index (χ2n) is 9.76. The van der Waals surface area contributed by atoms with Crippen LogP contribution in [0.25, 0.3) is 0 Å². The fraction of sp³-hybridized carbons (Fsp3) is 0.519. The van der Waals surface area contributed by atoms with Gasteiger partial charge in [0.1, 0.15) is 5.82 Å². The standard InChI is InChI=1S/C27H37FN4O/c1-21-18-32(16-13-29-21)20-24-5-9-26(10-6-24)30(2)27(33)17-22-11-14-31(15-12-22)19-23-3-7-25(28)8-4-23/h3-10,21-22,29H,11-20H2,1-2H3/t21-/m0/s1. The van der Waals surface area contributed by atoms with Gasteiger partial charge in [-0.25, -0.2) is 4.39 Å². The zero-order valence-corrected chi connectivity index (χ0v) is 20.0. The van der Waals surface area contributed by atoms with Crippen molar-refractivity contribution in [2.45, 2.75) is 45.3 Å². The quantitative estimate of drug-likeness (QED) is 0.692. The first-order valence-corrected chi connectivity index (χ1v) is 12.2. The van der Waals surface area contributed by atoms with Crippen molar-refractivity contribution in [3.63, 3.8) is 0 Å². The topological polar surface area (TPSA) is 38.8 Å². The first kappa shape index (κ1) is 23.9. The summed E-state index contributed by atoms with van der Waals surface area (Å²) < 4.78 is 13.1. The minimum atomic E-state index is -0.191. The van der Waals surface area contributed by atoms with Gasteiger partial charge in [-0.3, -0.25) is 14.6 Å². The number of nitrogens with one attached hydrogen (secondary N) is 1. The molecule has 2 aliphatic heterocycles. The molecule has 2 fully saturated rings. The van der Waals surface area contributed by atoms with E-state index in [1.165, 1.54) is 17.7 Å². The Hall–Kier alpha value is -2.28. The van der Waals surface area contributed by atoms with Crippen LogP contribution in [0.3, 0.4) is 0 Å². The maximum Gasteiger partial charge on any atom is 0.226 e. The molecule has 178 valence electrons. The van der Waals surface area contributed by atoms with Crippen LogP contribution in [0.1, 0.15) is 37.3 Å². The number of halogens is 1. The number of carbonyl (C=O) groups excluding carboxylic acids is 1. The molecule has 0 saturated carbocycles. The van der Waals surface area contributed by atoms with Gasteiger partial charge in [-0.1, -0.05) is 24.3 Å². The van der Waals surface area contributed by atoms with Gasteiger partial charge in [-0.05, 0) is 74.2 Å². The average molecular weight is 453 g/mol. The number of piperazine rings is 1. The number of amides is 1. The SMILES string of the molecule is C[C@H]1CN(Cc2ccc(N(C)C(=O)CC3CCN(Cc4ccc(F)cc4)CC3)cc2)CCN1. The number of likely N-dealkylation sites (tertiary alicyclic amines) is 1. The third-order valence-electron chi connectivity index (χ3n) is 7.05. The number of anilines is 1. The van der Waals surface area contributed by atoms with E-state index in [4.69, 9.17) is 0 Å². The van der Waals surface area contributed by atoms with Crippen molar-refractivity contribution in [3.8, 4) is 0 Å². The molecule has 1 amide bonds. The highest BCUT2D eigenvalue weighted by Gasteiger charge is 2.23. The van der Waals surface area contributed by atoms with Gasteiger partial charge in [-0.2, -0.15) is 0 Å². The van der Waals surface area contributed by atoms with Crippen LogP contribution in [-0.2, 0) is 17.9 Å². The summed E-state index contributed by atoms with van der Waals surface area (Å²) in [5, 5.41) is 3.48. The molecule has 0 unspecified atom stereocenters. The monoisotopic (exact) mass is 452 g/mol. The van der Waals surface area contributed by atoms with Crippen LogP contribution in [0.4, 0.5) is 10.1 Å². The van der Waals surface area contributed by atoms with Gasteiger partial charge in [-0.15, -0.1) is 0 Å². The summed E-state index contributed by atoms with van der Waals surface area (Å²) in [5.74, 6) is 0.429. The van der Waals surface area contributed by atoms with Crippen LogP contribution in [0.15, 0.2) is 48.5 Å². The van der Waals surface area contributed by atoms with Gasteiger partial charge < -0.3 is 10.2 Å². The molecule has 0 bridgehead atoms. The van der Waals surface area contributed by atoms with Crippen LogP contribution in [0.5, 0.6) is 0 Å². The fourth-order valence-electron chi connectivity index (χ4n) is 4.96. The van der Waals surface area contributed by atoms with Crippen molar-refractivity contribution in [1.29, 1.82) is 0 Å². The molecule has 0 aliphatic carbocycles. The van der Waals surface area contributed by atoms with E-state index in [1.54, 1.807) is 0 Å². The molecule has 5 nitrogen and oxygen atoms in total. The van der Waals surface area contributed by atoms with Crippen molar-refractivity contribution < 1.29 is 9.18 Å². The largest absolute Gasteiger partial charge is 0.315 e. The molecular formula is C27H37FN4O. The van der Waals surface area contributed by atoms with E-state index in [0.717, 1.165) is 69.9 Å². The normalized spacial score (nSPS) is 20.6. The average Bonchev–Trinajstić information content (AvgIpc) is 2.82. The van der Waals surface area contributed by atoms with Crippen LogP contribution in [0, 0.1) is 11.7 Å². The summed E-state index contributed by atoms with van der Waals surface area (Å²) in [4.78, 5) is 19.6. The lowest BCUT2D eigenvalue weighted by atomic mass is 9.92. The van der Waals surface area contributed by atoms with E-state index in [2.05, 4.69) is 46.3 Å². The fourth-order valence-corrected chi connectivity index (χ4v) is 4.96. The maximum absolute atomic E-state index is 13.1. The smallest absolute Gasteiger partial charge is 0.226 e. The Bertz CT molecular complexity index is 893. The third kappa shape index (κ3) is 6.85. The number of nitrogens with zero attached hydrogens (tertiary/aromatic N) is 3. The predicted molar refractivity (Wildman–Crippen MR) is 132 cm³/mol. The van der Waals surface area contributed by atoms with Gasteiger partial charge in [0.15, 0.2) is 0 Å². The van der Waals surface area contributed by atoms with Gasteiger partial charge in [0.05, 0.1) is 0 Å². The number of benzene rings is 2. The second-order valence-corrected chi connectivity index (χ2v) is 9.76. The van der Waals surface area contributed by atoms with Gasteiger partial charge in [0, 0.05) is 57.9 Å². The molecule has 0 aromatic heterocycles. The number of hydrogen-bond donors (Lipinski definition) is 1. The lowest BCUT2D eigenvalue weighted by molar-refractivity contribution is -0.119. The maximum atomic E-state index is 13.1. The molecular weight excluding hydrogens is 415 g/mol. The summed E-state index contributed by atoms with van der Waals surface area (Å²) in [6.45, 7) is 9.19. The molecule has 33 heavy (non-hydrogen) atoms. The predicted octanol–water partition coefficient (Wildman–Crippen LogP) is 3.88. The Labute approximate surface area is 197 Å².